The molecule has 0 unspecified atom stereocenters. The molecule has 3 aromatic heterocycles. The van der Waals surface area contributed by atoms with E-state index >= 15 is 0 Å². The number of rotatable bonds is 8. The average Bonchev–Trinajstić information content (AvgIpc) is 3.25. The zero-order valence-electron chi connectivity index (χ0n) is 43.0. The standard InChI is InChI=1S/C69H46BN7O/c1-41-33-42(2)61(43(3)34-41)49-30-32-59-55(37-49)70-56-38-52(69-75-66(47-25-15-7-16-26-47)72-67(76-69)48-27-17-8-18-28-48)36-54-53-35-50(68-73-64(45-21-11-5-12-22-45)71-65(74-68)46-23-13-6-14-24-46)29-31-57(53)77(63(54)56)58-39-51(40-60(78-59)62(58)70)44-19-9-4-10-20-44/h4-40H,1-3H3. The second-order valence-electron chi connectivity index (χ2n) is 20.4. The van der Waals surface area contributed by atoms with Crippen LogP contribution in [0.2, 0.25) is 0 Å². The second-order valence-corrected chi connectivity index (χ2v) is 20.4. The highest BCUT2D eigenvalue weighted by molar-refractivity contribution is 6.99. The number of aryl methyl sites for hydroxylation is 3. The molecule has 0 atom stereocenters. The van der Waals surface area contributed by atoms with Crippen LogP contribution >= 0.6 is 0 Å². The summed E-state index contributed by atoms with van der Waals surface area (Å²) in [5, 5.41) is 2.09. The van der Waals surface area contributed by atoms with Crippen molar-refractivity contribution in [3.05, 3.63) is 241 Å². The van der Waals surface area contributed by atoms with Crippen LogP contribution in [0, 0.1) is 20.8 Å². The van der Waals surface area contributed by atoms with E-state index in [4.69, 9.17) is 34.6 Å². The zero-order chi connectivity index (χ0) is 52.0. The SMILES string of the molecule is Cc1cc(C)c(-c2ccc3c(c2)B2c4c(cc(-c5ccccc5)cc4-n4c5ccc(-c6nc(-c7ccccc7)nc(-c7ccccc7)n6)cc5c5cc(-c6nc(-c7ccccc7)nc(-c7ccccc7)n6)cc2c54)O3)c(C)c1. The summed E-state index contributed by atoms with van der Waals surface area (Å²) in [7, 11) is 0. The quantitative estimate of drug-likeness (QED) is 0.140. The fraction of sp³-hybridized carbons (Fsp3) is 0.0435. The van der Waals surface area contributed by atoms with Crippen molar-refractivity contribution in [3.63, 3.8) is 0 Å². The number of fused-ring (bicyclic) bond motifs is 7. The van der Waals surface area contributed by atoms with E-state index in [0.29, 0.717) is 34.9 Å². The van der Waals surface area contributed by atoms with Crippen molar-refractivity contribution in [3.8, 4) is 108 Å². The lowest BCUT2D eigenvalue weighted by molar-refractivity contribution is 0.487. The molecule has 78 heavy (non-hydrogen) atoms. The molecular formula is C69H46BN7O. The predicted octanol–water partition coefficient (Wildman–Crippen LogP) is 14.4. The summed E-state index contributed by atoms with van der Waals surface area (Å²) in [6.07, 6.45) is 0. The van der Waals surface area contributed by atoms with Gasteiger partial charge < -0.3 is 9.30 Å². The van der Waals surface area contributed by atoms with E-state index in [0.717, 1.165) is 105 Å². The van der Waals surface area contributed by atoms with Gasteiger partial charge in [-0.05, 0) is 113 Å². The van der Waals surface area contributed by atoms with Gasteiger partial charge in [-0.3, -0.25) is 0 Å². The largest absolute Gasteiger partial charge is 0.458 e. The fourth-order valence-electron chi connectivity index (χ4n) is 12.0. The van der Waals surface area contributed by atoms with Crippen molar-refractivity contribution >= 4 is 44.9 Å². The van der Waals surface area contributed by atoms with Crippen LogP contribution in [0.25, 0.3) is 118 Å². The van der Waals surface area contributed by atoms with Gasteiger partial charge in [-0.1, -0.05) is 188 Å². The van der Waals surface area contributed by atoms with Gasteiger partial charge in [0, 0.05) is 55.4 Å². The van der Waals surface area contributed by atoms with Crippen molar-refractivity contribution in [2.24, 2.45) is 0 Å². The Balaban J connectivity index is 1.04. The number of hydrogen-bond donors (Lipinski definition) is 0. The van der Waals surface area contributed by atoms with Gasteiger partial charge in [0.25, 0.3) is 6.71 Å². The summed E-state index contributed by atoms with van der Waals surface area (Å²) in [6, 6.07) is 78.4. The Morgan fingerprint density at radius 3 is 1.32 bits per heavy atom. The molecule has 0 N–H and O–H groups in total. The Hall–Kier alpha value is -10.1. The zero-order valence-corrected chi connectivity index (χ0v) is 43.0. The Bertz CT molecular complexity index is 4410. The van der Waals surface area contributed by atoms with Crippen LogP contribution in [0.4, 0.5) is 0 Å². The van der Waals surface area contributed by atoms with E-state index in [2.05, 4.69) is 153 Å². The number of aromatic nitrogens is 7. The van der Waals surface area contributed by atoms with Crippen LogP contribution in [-0.2, 0) is 0 Å². The first-order chi connectivity index (χ1) is 38.4. The first kappa shape index (κ1) is 45.3. The molecule has 15 rings (SSSR count). The Morgan fingerprint density at radius 1 is 0.346 bits per heavy atom. The maximum absolute atomic E-state index is 7.20. The van der Waals surface area contributed by atoms with E-state index in [1.54, 1.807) is 0 Å². The molecule has 0 saturated heterocycles. The highest BCUT2D eigenvalue weighted by Gasteiger charge is 2.42. The summed E-state index contributed by atoms with van der Waals surface area (Å²) >= 11 is 0. The third kappa shape index (κ3) is 7.53. The number of benzene rings is 10. The molecule has 0 fully saturated rings. The van der Waals surface area contributed by atoms with Gasteiger partial charge in [-0.2, -0.15) is 0 Å². The molecule has 366 valence electrons. The smallest absolute Gasteiger partial charge is 0.256 e. The average molecular weight is 1000 g/mol. The predicted molar refractivity (Wildman–Crippen MR) is 316 cm³/mol. The minimum Gasteiger partial charge on any atom is -0.458 e. The normalized spacial score (nSPS) is 12.1. The minimum absolute atomic E-state index is 0.234. The molecule has 13 aromatic rings. The Morgan fingerprint density at radius 2 is 0.795 bits per heavy atom. The van der Waals surface area contributed by atoms with Crippen LogP contribution in [0.15, 0.2) is 224 Å². The van der Waals surface area contributed by atoms with E-state index in [-0.39, 0.29) is 6.71 Å². The molecule has 0 amide bonds. The van der Waals surface area contributed by atoms with E-state index in [9.17, 15) is 0 Å². The molecule has 2 aliphatic heterocycles. The van der Waals surface area contributed by atoms with Crippen molar-refractivity contribution in [1.82, 2.24) is 34.5 Å². The molecule has 0 bridgehead atoms. The summed E-state index contributed by atoms with van der Waals surface area (Å²) < 4.78 is 9.66. The number of nitrogens with zero attached hydrogens (tertiary/aromatic N) is 7. The molecule has 10 aromatic carbocycles. The molecule has 0 spiro atoms. The van der Waals surface area contributed by atoms with E-state index < -0.39 is 0 Å². The molecule has 0 saturated carbocycles. The van der Waals surface area contributed by atoms with Crippen LogP contribution in [0.1, 0.15) is 16.7 Å². The number of hydrogen-bond acceptors (Lipinski definition) is 7. The Kier molecular flexibility index (Phi) is 10.5. The summed E-state index contributed by atoms with van der Waals surface area (Å²) in [4.78, 5) is 31.3. The molecule has 0 radical (unpaired) electrons. The highest BCUT2D eigenvalue weighted by Crippen LogP contribution is 2.43. The van der Waals surface area contributed by atoms with Gasteiger partial charge in [-0.25, -0.2) is 29.9 Å². The lowest BCUT2D eigenvalue weighted by Gasteiger charge is -2.34. The van der Waals surface area contributed by atoms with Crippen LogP contribution < -0.4 is 21.1 Å². The molecule has 0 aliphatic carbocycles. The summed E-state index contributed by atoms with van der Waals surface area (Å²) in [5.41, 5.74) is 20.2. The third-order valence-corrected chi connectivity index (χ3v) is 15.4. The third-order valence-electron chi connectivity index (χ3n) is 15.4. The van der Waals surface area contributed by atoms with E-state index in [1.165, 1.54) is 22.3 Å². The van der Waals surface area contributed by atoms with Crippen LogP contribution in [0.3, 0.4) is 0 Å². The van der Waals surface area contributed by atoms with Crippen molar-refractivity contribution in [2.45, 2.75) is 20.8 Å². The topological polar surface area (TPSA) is 91.5 Å². The molecule has 9 heteroatoms. The maximum Gasteiger partial charge on any atom is 0.256 e. The summed E-state index contributed by atoms with van der Waals surface area (Å²) in [5.74, 6) is 5.22. The minimum atomic E-state index is -0.234. The monoisotopic (exact) mass is 999 g/mol. The van der Waals surface area contributed by atoms with Crippen molar-refractivity contribution in [2.75, 3.05) is 0 Å². The first-order valence-electron chi connectivity index (χ1n) is 26.4. The Labute approximate surface area is 451 Å². The highest BCUT2D eigenvalue weighted by atomic mass is 16.5. The molecular weight excluding hydrogens is 954 g/mol. The lowest BCUT2D eigenvalue weighted by Crippen LogP contribution is -2.58. The van der Waals surface area contributed by atoms with Crippen molar-refractivity contribution < 1.29 is 4.74 Å². The summed E-state index contributed by atoms with van der Waals surface area (Å²) in [6.45, 7) is 6.37. The first-order valence-corrected chi connectivity index (χ1v) is 26.4. The van der Waals surface area contributed by atoms with E-state index in [1.807, 2.05) is 97.1 Å². The molecule has 8 nitrogen and oxygen atoms in total. The van der Waals surface area contributed by atoms with Gasteiger partial charge in [-0.15, -0.1) is 0 Å². The second kappa shape index (κ2) is 18.0. The van der Waals surface area contributed by atoms with Gasteiger partial charge in [0.2, 0.25) is 0 Å². The van der Waals surface area contributed by atoms with Gasteiger partial charge >= 0.3 is 0 Å². The van der Waals surface area contributed by atoms with Crippen LogP contribution in [-0.4, -0.2) is 41.2 Å². The van der Waals surface area contributed by atoms with Gasteiger partial charge in [0.05, 0.1) is 5.52 Å². The van der Waals surface area contributed by atoms with Gasteiger partial charge in [0.1, 0.15) is 11.5 Å². The number of ether oxygens (including phenoxy) is 1. The molecule has 2 aliphatic rings. The van der Waals surface area contributed by atoms with Crippen molar-refractivity contribution in [1.29, 1.82) is 0 Å². The maximum atomic E-state index is 7.20. The fourth-order valence-corrected chi connectivity index (χ4v) is 12.0. The lowest BCUT2D eigenvalue weighted by atomic mass is 9.34. The van der Waals surface area contributed by atoms with Crippen LogP contribution in [0.5, 0.6) is 11.5 Å². The molecule has 5 heterocycles. The van der Waals surface area contributed by atoms with Gasteiger partial charge in [0.15, 0.2) is 34.9 Å².